The van der Waals surface area contributed by atoms with Crippen molar-refractivity contribution in [1.29, 1.82) is 5.41 Å². The Balaban J connectivity index is 1.99. The molecule has 2 N–H and O–H groups in total. The number of amides is 1. The van der Waals surface area contributed by atoms with Crippen molar-refractivity contribution in [2.24, 2.45) is 0 Å². The van der Waals surface area contributed by atoms with Crippen LogP contribution in [-0.4, -0.2) is 30.8 Å². The van der Waals surface area contributed by atoms with Gasteiger partial charge in [0.05, 0.1) is 16.4 Å². The number of hydrogen-bond acceptors (Lipinski definition) is 5. The Kier molecular flexibility index (Phi) is 4.22. The molecule has 1 spiro atoms. The van der Waals surface area contributed by atoms with Gasteiger partial charge in [-0.15, -0.1) is 11.3 Å². The first-order valence-electron chi connectivity index (χ1n) is 8.66. The molecule has 2 heterocycles. The van der Waals surface area contributed by atoms with Gasteiger partial charge in [0.1, 0.15) is 11.2 Å². The van der Waals surface area contributed by atoms with E-state index in [1.165, 1.54) is 4.90 Å². The minimum absolute atomic E-state index is 0.00746. The summed E-state index contributed by atoms with van der Waals surface area (Å²) >= 11 is 5.16. The van der Waals surface area contributed by atoms with E-state index in [0.717, 1.165) is 32.0 Å². The highest BCUT2D eigenvalue weighted by Crippen LogP contribution is 2.56. The lowest BCUT2D eigenvalue weighted by atomic mass is 9.63. The summed E-state index contributed by atoms with van der Waals surface area (Å²) in [4.78, 5) is 16.3. The number of benzene rings is 1. The van der Waals surface area contributed by atoms with Gasteiger partial charge in [0.25, 0.3) is 0 Å². The molecule has 2 atom stereocenters. The largest absolute Gasteiger partial charge is 0.497 e. The molecule has 1 aromatic carbocycles. The number of thiophene rings is 1. The van der Waals surface area contributed by atoms with Crippen molar-refractivity contribution in [3.63, 3.8) is 0 Å². The van der Waals surface area contributed by atoms with E-state index in [9.17, 15) is 4.79 Å². The highest BCUT2D eigenvalue weighted by Gasteiger charge is 2.63. The molecule has 1 aromatic heterocycles. The van der Waals surface area contributed by atoms with E-state index < -0.39 is 11.0 Å². The molecule has 7 heteroatoms. The first-order chi connectivity index (χ1) is 12.9. The lowest BCUT2D eigenvalue weighted by Crippen LogP contribution is -2.67. The summed E-state index contributed by atoms with van der Waals surface area (Å²) in [5.74, 6) is 3.58. The number of halogens is 1. The Morgan fingerprint density at radius 1 is 1.37 bits per heavy atom. The van der Waals surface area contributed by atoms with Gasteiger partial charge in [-0.2, -0.15) is 0 Å². The number of nitrogens with one attached hydrogen (secondary N) is 2. The van der Waals surface area contributed by atoms with E-state index >= 15 is 0 Å². The first kappa shape index (κ1) is 18.3. The summed E-state index contributed by atoms with van der Waals surface area (Å²) in [6, 6.07) is 10.0. The maximum Gasteiger partial charge on any atom is 0.241 e. The molecule has 0 saturated carbocycles. The van der Waals surface area contributed by atoms with Crippen LogP contribution in [0.5, 0.6) is 5.75 Å². The summed E-state index contributed by atoms with van der Waals surface area (Å²) in [5.41, 5.74) is 0.732. The molecule has 27 heavy (non-hydrogen) atoms. The Labute approximate surface area is 170 Å². The molecule has 4 rings (SSSR count). The van der Waals surface area contributed by atoms with Crippen molar-refractivity contribution in [3.05, 3.63) is 55.9 Å². The summed E-state index contributed by atoms with van der Waals surface area (Å²) in [5, 5.41) is 11.1. The number of rotatable bonds is 2. The van der Waals surface area contributed by atoms with Gasteiger partial charge in [0, 0.05) is 17.8 Å². The molecule has 0 radical (unpaired) electrons. The van der Waals surface area contributed by atoms with Gasteiger partial charge in [0.2, 0.25) is 5.91 Å². The Hall–Kier alpha value is -2.08. The third-order valence-electron chi connectivity index (χ3n) is 5.95. The van der Waals surface area contributed by atoms with Crippen molar-refractivity contribution in [1.82, 2.24) is 10.2 Å². The number of nitrogens with zero attached hydrogens (tertiary/aromatic N) is 1. The fourth-order valence-electron chi connectivity index (χ4n) is 4.52. The average Bonchev–Trinajstić information content (AvgIpc) is 3.28. The average molecular weight is 446 g/mol. The van der Waals surface area contributed by atoms with Crippen molar-refractivity contribution in [2.45, 2.75) is 30.7 Å². The summed E-state index contributed by atoms with van der Waals surface area (Å²) in [6.07, 6.45) is 1.50. The number of ether oxygens (including phenoxy) is 1. The zero-order chi connectivity index (χ0) is 19.4. The van der Waals surface area contributed by atoms with Crippen LogP contribution < -0.4 is 10.1 Å². The van der Waals surface area contributed by atoms with E-state index in [-0.39, 0.29) is 5.91 Å². The van der Waals surface area contributed by atoms with Crippen LogP contribution in [0.4, 0.5) is 0 Å². The van der Waals surface area contributed by atoms with Crippen LogP contribution in [0.15, 0.2) is 39.9 Å². The summed E-state index contributed by atoms with van der Waals surface area (Å²) in [7, 11) is 3.36. The summed E-state index contributed by atoms with van der Waals surface area (Å²) < 4.78 is 6.39. The first-order valence-corrected chi connectivity index (χ1v) is 10.3. The molecule has 1 aliphatic carbocycles. The quantitative estimate of drug-likeness (QED) is 0.691. The van der Waals surface area contributed by atoms with Crippen LogP contribution in [0.1, 0.15) is 29.3 Å². The van der Waals surface area contributed by atoms with E-state index in [4.69, 9.17) is 10.1 Å². The van der Waals surface area contributed by atoms with Crippen molar-refractivity contribution >= 4 is 39.0 Å². The number of hydrogen-bond donors (Lipinski definition) is 2. The van der Waals surface area contributed by atoms with Crippen molar-refractivity contribution in [3.8, 4) is 5.75 Å². The number of methoxy groups -OCH3 is 1. The normalized spacial score (nSPS) is 26.7. The SMILES string of the molecule is COc1ccc2c(c1)CC[C@@]21C(=O)N(C)C(=C=N)N[C@]1(C)c1ccc(Br)s1. The van der Waals surface area contributed by atoms with E-state index in [2.05, 4.69) is 34.0 Å². The predicted octanol–water partition coefficient (Wildman–Crippen LogP) is 3.77. The lowest BCUT2D eigenvalue weighted by Gasteiger charge is -2.52. The van der Waals surface area contributed by atoms with E-state index in [0.29, 0.717) is 12.2 Å². The lowest BCUT2D eigenvalue weighted by molar-refractivity contribution is -0.141. The molecular weight excluding hydrogens is 426 g/mol. The number of fused-ring (bicyclic) bond motifs is 2. The molecular formula is C20H20BrN3O2S. The van der Waals surface area contributed by atoms with Crippen LogP contribution in [-0.2, 0) is 22.2 Å². The number of carbonyl (C=O) groups is 1. The van der Waals surface area contributed by atoms with Gasteiger partial charge in [-0.05, 0) is 71.1 Å². The number of aryl methyl sites for hydroxylation is 1. The standard InChI is InChI=1S/C20H20BrN3O2S/c1-19(15-6-7-16(21)27-15)20(18(25)24(2)17(11-22)23-19)9-8-12-10-13(26-3)4-5-14(12)20/h4-7,10,22-23H,8-9H2,1-3H3/t19-,20+/m1/s1. The minimum Gasteiger partial charge on any atom is -0.497 e. The summed E-state index contributed by atoms with van der Waals surface area (Å²) in [6.45, 7) is 2.06. The Bertz CT molecular complexity index is 997. The monoisotopic (exact) mass is 445 g/mol. The van der Waals surface area contributed by atoms with Crippen LogP contribution in [0.25, 0.3) is 0 Å². The fraction of sp³-hybridized carbons (Fsp3) is 0.350. The second kappa shape index (κ2) is 6.23. The predicted molar refractivity (Wildman–Crippen MR) is 110 cm³/mol. The van der Waals surface area contributed by atoms with Crippen LogP contribution in [0, 0.1) is 5.41 Å². The van der Waals surface area contributed by atoms with Crippen LogP contribution in [0.2, 0.25) is 0 Å². The third-order valence-corrected chi connectivity index (χ3v) is 7.80. The van der Waals surface area contributed by atoms with Crippen LogP contribution in [0.3, 0.4) is 0 Å². The van der Waals surface area contributed by atoms with Gasteiger partial charge < -0.3 is 10.1 Å². The van der Waals surface area contributed by atoms with Crippen molar-refractivity contribution < 1.29 is 9.53 Å². The maximum atomic E-state index is 13.7. The van der Waals surface area contributed by atoms with Crippen molar-refractivity contribution in [2.75, 3.05) is 14.2 Å². The molecule has 2 aliphatic rings. The molecule has 1 fully saturated rings. The maximum absolute atomic E-state index is 13.7. The zero-order valence-electron chi connectivity index (χ0n) is 15.4. The van der Waals surface area contributed by atoms with Crippen LogP contribution >= 0.6 is 27.3 Å². The highest BCUT2D eigenvalue weighted by atomic mass is 79.9. The highest BCUT2D eigenvalue weighted by molar-refractivity contribution is 9.11. The molecule has 1 amide bonds. The Morgan fingerprint density at radius 3 is 2.78 bits per heavy atom. The molecule has 1 saturated heterocycles. The van der Waals surface area contributed by atoms with E-state index in [1.807, 2.05) is 30.3 Å². The second-order valence-electron chi connectivity index (χ2n) is 7.12. The van der Waals surface area contributed by atoms with Gasteiger partial charge in [0.15, 0.2) is 5.82 Å². The zero-order valence-corrected chi connectivity index (χ0v) is 17.8. The second-order valence-corrected chi connectivity index (χ2v) is 9.58. The molecule has 0 bridgehead atoms. The molecule has 140 valence electrons. The third kappa shape index (κ3) is 2.35. The molecule has 0 unspecified atom stereocenters. The topological polar surface area (TPSA) is 65.4 Å². The van der Waals surface area contributed by atoms with Gasteiger partial charge in [-0.1, -0.05) is 6.07 Å². The van der Waals surface area contributed by atoms with Gasteiger partial charge in [-0.3, -0.25) is 15.1 Å². The molecule has 1 aliphatic heterocycles. The minimum atomic E-state index is -0.756. The van der Waals surface area contributed by atoms with Gasteiger partial charge in [-0.25, -0.2) is 0 Å². The smallest absolute Gasteiger partial charge is 0.241 e. The molecule has 5 nitrogen and oxygen atoms in total. The van der Waals surface area contributed by atoms with E-state index in [1.54, 1.807) is 25.5 Å². The fourth-order valence-corrected chi connectivity index (χ4v) is 6.08. The molecule has 2 aromatic rings. The number of carbonyl (C=O) groups excluding carboxylic acids is 1. The Morgan fingerprint density at radius 2 is 2.15 bits per heavy atom. The number of likely N-dealkylation sites (N-methyl/N-ethyl adjacent to an activating group) is 1. The van der Waals surface area contributed by atoms with Gasteiger partial charge >= 0.3 is 0 Å².